The van der Waals surface area contributed by atoms with Crippen molar-refractivity contribution in [2.45, 2.75) is 36.3 Å². The van der Waals surface area contributed by atoms with Crippen molar-refractivity contribution in [1.29, 1.82) is 0 Å². The zero-order chi connectivity index (χ0) is 31.3. The second-order valence-corrected chi connectivity index (χ2v) is 12.5. The third kappa shape index (κ3) is 4.53. The fraction of sp³-hybridized carbons (Fsp3) is 0.229. The third-order valence-corrected chi connectivity index (χ3v) is 9.65. The highest BCUT2D eigenvalue weighted by Crippen LogP contribution is 2.65. The fourth-order valence-corrected chi connectivity index (χ4v) is 7.81. The maximum atomic E-state index is 14.6. The summed E-state index contributed by atoms with van der Waals surface area (Å²) in [5, 5.41) is 13.0. The molecule has 6 atom stereocenters. The van der Waals surface area contributed by atoms with Gasteiger partial charge in [-0.05, 0) is 69.6 Å². The Labute approximate surface area is 273 Å². The van der Waals surface area contributed by atoms with Crippen LogP contribution in [0.1, 0.15) is 46.4 Å². The highest BCUT2D eigenvalue weighted by Gasteiger charge is 2.75. The van der Waals surface area contributed by atoms with Gasteiger partial charge in [-0.1, -0.05) is 73.3 Å². The molecule has 10 heteroatoms. The molecule has 3 aliphatic rings. The van der Waals surface area contributed by atoms with Gasteiger partial charge in [0.25, 0.3) is 0 Å². The Morgan fingerprint density at radius 1 is 1.00 bits per heavy atom. The summed E-state index contributed by atoms with van der Waals surface area (Å²) >= 11 is 2.17. The van der Waals surface area contributed by atoms with Crippen LogP contribution in [0.4, 0.5) is 5.69 Å². The lowest BCUT2D eigenvalue weighted by Gasteiger charge is -2.45. The number of aliphatic hydroxyl groups excluding tert-OH is 1. The van der Waals surface area contributed by atoms with Crippen LogP contribution in [0.5, 0.6) is 0 Å². The number of anilines is 1. The van der Waals surface area contributed by atoms with Gasteiger partial charge in [0.2, 0.25) is 5.91 Å². The van der Waals surface area contributed by atoms with E-state index >= 15 is 0 Å². The van der Waals surface area contributed by atoms with E-state index in [4.69, 9.17) is 13.9 Å². The van der Waals surface area contributed by atoms with Gasteiger partial charge in [-0.25, -0.2) is 0 Å². The Morgan fingerprint density at radius 2 is 1.71 bits per heavy atom. The summed E-state index contributed by atoms with van der Waals surface area (Å²) in [6, 6.07) is 25.0. The molecule has 228 valence electrons. The number of hydrogen-bond donors (Lipinski definition) is 2. The molecule has 3 aromatic carbocycles. The van der Waals surface area contributed by atoms with Crippen molar-refractivity contribution in [2.24, 2.45) is 5.92 Å². The molecule has 7 rings (SSSR count). The molecule has 1 aromatic heterocycles. The van der Waals surface area contributed by atoms with E-state index in [1.165, 1.54) is 6.08 Å². The Kier molecular flexibility index (Phi) is 7.58. The first-order chi connectivity index (χ1) is 21.9. The first-order valence-electron chi connectivity index (χ1n) is 14.6. The second-order valence-electron chi connectivity index (χ2n) is 11.3. The lowest BCUT2D eigenvalue weighted by molar-refractivity contribution is -0.180. The zero-order valence-electron chi connectivity index (χ0n) is 24.0. The molecule has 0 unspecified atom stereocenters. The maximum absolute atomic E-state index is 14.6. The van der Waals surface area contributed by atoms with E-state index in [2.05, 4.69) is 34.5 Å². The Hall–Kier alpha value is -4.26. The van der Waals surface area contributed by atoms with Gasteiger partial charge in [0.15, 0.2) is 0 Å². The van der Waals surface area contributed by atoms with Crippen LogP contribution in [0, 0.1) is 9.49 Å². The van der Waals surface area contributed by atoms with E-state index in [1.807, 2.05) is 77.7 Å². The van der Waals surface area contributed by atoms with Crippen LogP contribution in [0.2, 0.25) is 0 Å². The zero-order valence-corrected chi connectivity index (χ0v) is 26.1. The summed E-state index contributed by atoms with van der Waals surface area (Å²) in [5.74, 6) is -2.56. The van der Waals surface area contributed by atoms with Gasteiger partial charge in [-0.15, -0.1) is 0 Å². The number of nitrogens with one attached hydrogen (secondary N) is 1. The summed E-state index contributed by atoms with van der Waals surface area (Å²) in [7, 11) is 0. The summed E-state index contributed by atoms with van der Waals surface area (Å²) in [6.45, 7) is 3.20. The molecule has 3 aliphatic heterocycles. The average molecular weight is 717 g/mol. The number of aliphatic hydroxyl groups is 1. The van der Waals surface area contributed by atoms with Crippen LogP contribution in [0.3, 0.4) is 0 Å². The lowest BCUT2D eigenvalue weighted by atomic mass is 9.66. The van der Waals surface area contributed by atoms with Crippen molar-refractivity contribution >= 4 is 46.1 Å². The third-order valence-electron chi connectivity index (χ3n) is 8.98. The number of fused-ring (bicyclic) bond motifs is 3. The molecule has 45 heavy (non-hydrogen) atoms. The molecule has 4 heterocycles. The standard InChI is InChI=1S/C35H29IN2O7/c1-2-17-43-32(40)27-29-33(41)45-30(21-11-7-4-8-12-21)28(20-9-5-3-6-10-20)38(29)31(26-16-14-23(19-39)44-26)35(27)24-18-22(36)13-15-25(24)37-34(35)42/h2-16,18,27-31,39H,1,17,19H2,(H,37,42)/t27-,28-,29-,30+,31+,35-/m0/s1. The fourth-order valence-electron chi connectivity index (χ4n) is 7.32. The second kappa shape index (κ2) is 11.6. The molecule has 0 radical (unpaired) electrons. The number of hydrogen-bond acceptors (Lipinski definition) is 8. The Balaban J connectivity index is 1.56. The summed E-state index contributed by atoms with van der Waals surface area (Å²) in [6.07, 6.45) is 0.657. The van der Waals surface area contributed by atoms with Gasteiger partial charge >= 0.3 is 11.9 Å². The quantitative estimate of drug-likeness (QED) is 0.149. The summed E-state index contributed by atoms with van der Waals surface area (Å²) < 4.78 is 19.0. The number of nitrogens with zero attached hydrogens (tertiary/aromatic N) is 1. The first-order valence-corrected chi connectivity index (χ1v) is 15.6. The van der Waals surface area contributed by atoms with E-state index in [0.717, 1.165) is 14.7 Å². The number of furan rings is 1. The summed E-state index contributed by atoms with van der Waals surface area (Å²) in [4.78, 5) is 45.2. The normalized spacial score (nSPS) is 27.0. The van der Waals surface area contributed by atoms with Crippen molar-refractivity contribution in [3.05, 3.63) is 135 Å². The largest absolute Gasteiger partial charge is 0.462 e. The molecular weight excluding hydrogens is 687 g/mol. The van der Waals surface area contributed by atoms with Crippen molar-refractivity contribution in [1.82, 2.24) is 4.90 Å². The molecule has 9 nitrogen and oxygen atoms in total. The molecule has 0 aliphatic carbocycles. The van der Waals surface area contributed by atoms with Crippen LogP contribution in [0.15, 0.2) is 108 Å². The number of ether oxygens (including phenoxy) is 2. The molecule has 2 N–H and O–H groups in total. The number of amides is 1. The van der Waals surface area contributed by atoms with Gasteiger partial charge in [0.1, 0.15) is 48.2 Å². The SMILES string of the molecule is C=CCOC(=O)[C@@H]1[C@H]2C(=O)O[C@H](c3ccccc3)[C@H](c3ccccc3)N2[C@H](c2ccc(CO)o2)[C@@]12C(=O)Nc1ccc(I)cc12. The van der Waals surface area contributed by atoms with Crippen molar-refractivity contribution < 1.29 is 33.4 Å². The highest BCUT2D eigenvalue weighted by atomic mass is 127. The average Bonchev–Trinajstić information content (AvgIpc) is 3.74. The molecule has 0 saturated carbocycles. The van der Waals surface area contributed by atoms with Gasteiger partial charge in [-0.2, -0.15) is 0 Å². The number of morpholine rings is 1. The number of halogens is 1. The molecule has 1 amide bonds. The van der Waals surface area contributed by atoms with Crippen LogP contribution in [-0.4, -0.2) is 40.5 Å². The van der Waals surface area contributed by atoms with E-state index in [-0.39, 0.29) is 19.0 Å². The van der Waals surface area contributed by atoms with E-state index in [0.29, 0.717) is 17.0 Å². The smallest absolute Gasteiger partial charge is 0.325 e. The van der Waals surface area contributed by atoms with Gasteiger partial charge < -0.3 is 24.3 Å². The maximum Gasteiger partial charge on any atom is 0.325 e. The number of benzene rings is 3. The Morgan fingerprint density at radius 3 is 2.38 bits per heavy atom. The van der Waals surface area contributed by atoms with E-state index in [1.54, 1.807) is 18.2 Å². The van der Waals surface area contributed by atoms with Crippen molar-refractivity contribution in [3.8, 4) is 0 Å². The minimum atomic E-state index is -1.67. The van der Waals surface area contributed by atoms with Crippen LogP contribution < -0.4 is 5.32 Å². The van der Waals surface area contributed by atoms with Gasteiger partial charge in [0.05, 0.1) is 12.1 Å². The number of carbonyl (C=O) groups is 3. The minimum absolute atomic E-state index is 0.108. The monoisotopic (exact) mass is 716 g/mol. The van der Waals surface area contributed by atoms with Crippen LogP contribution >= 0.6 is 22.6 Å². The van der Waals surface area contributed by atoms with E-state index < -0.39 is 53.4 Å². The molecule has 2 fully saturated rings. The number of carbonyl (C=O) groups excluding carboxylic acids is 3. The predicted octanol–water partition coefficient (Wildman–Crippen LogP) is 5.38. The first kappa shape index (κ1) is 29.5. The molecule has 2 saturated heterocycles. The highest BCUT2D eigenvalue weighted by molar-refractivity contribution is 14.1. The molecular formula is C35H29IN2O7. The van der Waals surface area contributed by atoms with Crippen molar-refractivity contribution in [2.75, 3.05) is 11.9 Å². The van der Waals surface area contributed by atoms with E-state index in [9.17, 15) is 19.5 Å². The lowest BCUT2D eigenvalue weighted by Crippen LogP contribution is -2.52. The topological polar surface area (TPSA) is 118 Å². The predicted molar refractivity (Wildman–Crippen MR) is 172 cm³/mol. The van der Waals surface area contributed by atoms with Gasteiger partial charge in [-0.3, -0.25) is 19.3 Å². The Bertz CT molecular complexity index is 1790. The number of rotatable bonds is 7. The number of cyclic esters (lactones) is 1. The summed E-state index contributed by atoms with van der Waals surface area (Å²) in [5.41, 5.74) is 0.994. The van der Waals surface area contributed by atoms with Crippen LogP contribution in [-0.2, 0) is 35.9 Å². The van der Waals surface area contributed by atoms with Crippen molar-refractivity contribution in [3.63, 3.8) is 0 Å². The van der Waals surface area contributed by atoms with Gasteiger partial charge in [0, 0.05) is 9.26 Å². The molecule has 1 spiro atoms. The minimum Gasteiger partial charge on any atom is -0.462 e. The molecule has 4 aromatic rings. The molecule has 0 bridgehead atoms. The number of esters is 2. The van der Waals surface area contributed by atoms with Crippen LogP contribution in [0.25, 0.3) is 0 Å².